The van der Waals surface area contributed by atoms with Gasteiger partial charge in [-0.3, -0.25) is 14.6 Å². The summed E-state index contributed by atoms with van der Waals surface area (Å²) in [6.07, 6.45) is 1.32. The lowest BCUT2D eigenvalue weighted by Crippen LogP contribution is -2.45. The first-order valence-corrected chi connectivity index (χ1v) is 12.4. The van der Waals surface area contributed by atoms with E-state index >= 15 is 0 Å². The molecule has 1 fully saturated rings. The van der Waals surface area contributed by atoms with Crippen LogP contribution in [0.2, 0.25) is 0 Å². The van der Waals surface area contributed by atoms with Crippen LogP contribution in [0, 0.1) is 6.92 Å². The molecule has 1 aliphatic heterocycles. The van der Waals surface area contributed by atoms with Gasteiger partial charge in [0.2, 0.25) is 0 Å². The van der Waals surface area contributed by atoms with Crippen molar-refractivity contribution in [3.05, 3.63) is 75.1 Å². The lowest BCUT2D eigenvalue weighted by atomic mass is 9.98. The molecule has 1 aromatic heterocycles. The highest BCUT2D eigenvalue weighted by molar-refractivity contribution is 5.86. The van der Waals surface area contributed by atoms with Gasteiger partial charge in [-0.2, -0.15) is 0 Å². The van der Waals surface area contributed by atoms with Gasteiger partial charge in [-0.05, 0) is 42.5 Å². The summed E-state index contributed by atoms with van der Waals surface area (Å²) < 4.78 is 10.8. The van der Waals surface area contributed by atoms with Gasteiger partial charge >= 0.3 is 11.6 Å². The van der Waals surface area contributed by atoms with Gasteiger partial charge in [0.1, 0.15) is 11.3 Å². The van der Waals surface area contributed by atoms with Crippen LogP contribution in [0.1, 0.15) is 42.0 Å². The zero-order valence-corrected chi connectivity index (χ0v) is 20.6. The maximum atomic E-state index is 12.1. The number of ether oxygens (including phenoxy) is 1. The van der Waals surface area contributed by atoms with Crippen LogP contribution in [0.25, 0.3) is 11.0 Å². The number of piperazine rings is 1. The molecule has 1 aliphatic rings. The summed E-state index contributed by atoms with van der Waals surface area (Å²) >= 11 is 0. The van der Waals surface area contributed by atoms with Crippen molar-refractivity contribution in [3.8, 4) is 5.75 Å². The van der Waals surface area contributed by atoms with Gasteiger partial charge in [0.25, 0.3) is 0 Å². The number of phenols is 1. The van der Waals surface area contributed by atoms with Crippen molar-refractivity contribution in [2.45, 2.75) is 46.2 Å². The van der Waals surface area contributed by atoms with Crippen LogP contribution < -0.4 is 5.63 Å². The highest BCUT2D eigenvalue weighted by Gasteiger charge is 2.23. The second-order valence-electron chi connectivity index (χ2n) is 9.25. The molecular formula is C28H34N2O5. The fourth-order valence-electron chi connectivity index (χ4n) is 4.60. The van der Waals surface area contributed by atoms with Crippen LogP contribution in [0.4, 0.5) is 0 Å². The number of esters is 1. The summed E-state index contributed by atoms with van der Waals surface area (Å²) in [6.45, 7) is 9.12. The fourth-order valence-corrected chi connectivity index (χ4v) is 4.60. The third kappa shape index (κ3) is 6.29. The van der Waals surface area contributed by atoms with Gasteiger partial charge in [0, 0.05) is 57.1 Å². The third-order valence-electron chi connectivity index (χ3n) is 6.55. The minimum Gasteiger partial charge on any atom is -0.507 e. The number of fused-ring (bicyclic) bond motifs is 1. The number of hydrogen-bond donors (Lipinski definition) is 1. The number of rotatable bonds is 9. The Balaban J connectivity index is 1.52. The molecule has 0 unspecified atom stereocenters. The summed E-state index contributed by atoms with van der Waals surface area (Å²) in [5.41, 5.74) is 3.36. The molecule has 0 spiro atoms. The average molecular weight is 479 g/mol. The van der Waals surface area contributed by atoms with Gasteiger partial charge < -0.3 is 14.3 Å². The molecule has 186 valence electrons. The maximum Gasteiger partial charge on any atom is 0.336 e. The van der Waals surface area contributed by atoms with Crippen molar-refractivity contribution < 1.29 is 19.1 Å². The molecule has 1 N–H and O–H groups in total. The van der Waals surface area contributed by atoms with Gasteiger partial charge in [-0.15, -0.1) is 0 Å². The zero-order valence-electron chi connectivity index (χ0n) is 20.6. The second kappa shape index (κ2) is 11.5. The Morgan fingerprint density at radius 2 is 1.74 bits per heavy atom. The Labute approximate surface area is 205 Å². The quantitative estimate of drug-likeness (QED) is 0.367. The first kappa shape index (κ1) is 24.9. The minimum atomic E-state index is -0.431. The van der Waals surface area contributed by atoms with Gasteiger partial charge in [0.15, 0.2) is 0 Å². The van der Waals surface area contributed by atoms with Crippen molar-refractivity contribution in [1.82, 2.24) is 9.80 Å². The number of carbonyl (C=O) groups excluding carboxylic acids is 1. The Kier molecular flexibility index (Phi) is 8.21. The van der Waals surface area contributed by atoms with Crippen molar-refractivity contribution in [2.75, 3.05) is 32.8 Å². The Morgan fingerprint density at radius 3 is 2.43 bits per heavy atom. The molecule has 4 rings (SSSR count). The topological polar surface area (TPSA) is 83.2 Å². The van der Waals surface area contributed by atoms with Gasteiger partial charge in [-0.25, -0.2) is 4.79 Å². The van der Waals surface area contributed by atoms with Crippen molar-refractivity contribution >= 4 is 16.9 Å². The highest BCUT2D eigenvalue weighted by Crippen LogP contribution is 2.34. The molecule has 2 heterocycles. The monoisotopic (exact) mass is 478 g/mol. The number of aromatic hydroxyl groups is 1. The summed E-state index contributed by atoms with van der Waals surface area (Å²) in [6, 6.07) is 13.7. The van der Waals surface area contributed by atoms with Gasteiger partial charge in [0.05, 0.1) is 12.2 Å². The summed E-state index contributed by atoms with van der Waals surface area (Å²) in [7, 11) is 0. The number of phenolic OH excluding ortho intramolecular Hbond substituents is 1. The van der Waals surface area contributed by atoms with E-state index in [1.54, 1.807) is 0 Å². The van der Waals surface area contributed by atoms with Crippen LogP contribution in [0.3, 0.4) is 0 Å². The van der Waals surface area contributed by atoms with E-state index in [0.29, 0.717) is 36.3 Å². The minimum absolute atomic E-state index is 0.0984. The molecule has 3 aromatic rings. The van der Waals surface area contributed by atoms with E-state index in [4.69, 9.17) is 9.15 Å². The molecule has 0 amide bonds. The molecule has 0 radical (unpaired) electrons. The third-order valence-corrected chi connectivity index (χ3v) is 6.55. The van der Waals surface area contributed by atoms with Crippen LogP contribution in [0.5, 0.6) is 5.75 Å². The highest BCUT2D eigenvalue weighted by atomic mass is 16.5. The smallest absolute Gasteiger partial charge is 0.336 e. The number of benzene rings is 2. The van der Waals surface area contributed by atoms with E-state index in [-0.39, 0.29) is 18.1 Å². The molecule has 1 saturated heterocycles. The molecule has 0 atom stereocenters. The summed E-state index contributed by atoms with van der Waals surface area (Å²) in [4.78, 5) is 28.9. The molecule has 0 saturated carbocycles. The second-order valence-corrected chi connectivity index (χ2v) is 9.25. The van der Waals surface area contributed by atoms with Crippen molar-refractivity contribution in [1.29, 1.82) is 0 Å². The standard InChI is InChI=1S/C28H34N2O5/c1-3-15-34-25(31)10-9-22-17-23-20(2)16-26(32)35-28(23)24(27(22)33)19-30-13-11-29(12-14-30)18-21-7-5-4-6-8-21/h4-8,16-17,33H,3,9-15,18-19H2,1-2H3. The molecule has 35 heavy (non-hydrogen) atoms. The predicted molar refractivity (Wildman–Crippen MR) is 135 cm³/mol. The molecular weight excluding hydrogens is 444 g/mol. The van der Waals surface area contributed by atoms with Crippen molar-refractivity contribution in [3.63, 3.8) is 0 Å². The Hall–Kier alpha value is -3.16. The first-order chi connectivity index (χ1) is 16.9. The predicted octanol–water partition coefficient (Wildman–Crippen LogP) is 4.01. The Morgan fingerprint density at radius 1 is 1.06 bits per heavy atom. The zero-order chi connectivity index (χ0) is 24.8. The maximum absolute atomic E-state index is 12.1. The normalized spacial score (nSPS) is 14.9. The molecule has 0 aliphatic carbocycles. The van der Waals surface area contributed by atoms with Crippen LogP contribution >= 0.6 is 0 Å². The average Bonchev–Trinajstić information content (AvgIpc) is 2.85. The Bertz CT molecular complexity index is 1210. The number of nitrogens with zero attached hydrogens (tertiary/aromatic N) is 2. The lowest BCUT2D eigenvalue weighted by molar-refractivity contribution is -0.143. The SMILES string of the molecule is CCCOC(=O)CCc1cc2c(C)cc(=O)oc2c(CN2CCN(Cc3ccccc3)CC2)c1O. The van der Waals surface area contributed by atoms with E-state index in [1.807, 2.05) is 26.0 Å². The van der Waals surface area contributed by atoms with E-state index in [1.165, 1.54) is 11.6 Å². The van der Waals surface area contributed by atoms with Crippen molar-refractivity contribution in [2.24, 2.45) is 0 Å². The first-order valence-electron chi connectivity index (χ1n) is 12.4. The summed E-state index contributed by atoms with van der Waals surface area (Å²) in [5.74, 6) is -0.181. The van der Waals surface area contributed by atoms with E-state index in [2.05, 4.69) is 34.1 Å². The van der Waals surface area contributed by atoms with Crippen LogP contribution in [0.15, 0.2) is 51.7 Å². The molecule has 7 heteroatoms. The van der Waals surface area contributed by atoms with Crippen LogP contribution in [-0.2, 0) is 29.0 Å². The number of hydrogen-bond acceptors (Lipinski definition) is 7. The fraction of sp³-hybridized carbons (Fsp3) is 0.429. The van der Waals surface area contributed by atoms with E-state index in [0.717, 1.165) is 50.1 Å². The molecule has 7 nitrogen and oxygen atoms in total. The molecule has 0 bridgehead atoms. The van der Waals surface area contributed by atoms with E-state index in [9.17, 15) is 14.7 Å². The van der Waals surface area contributed by atoms with E-state index < -0.39 is 5.63 Å². The number of carbonyl (C=O) groups is 1. The summed E-state index contributed by atoms with van der Waals surface area (Å²) in [5, 5.41) is 12.0. The largest absolute Gasteiger partial charge is 0.507 e. The molecule has 2 aromatic carbocycles. The number of aryl methyl sites for hydroxylation is 2. The van der Waals surface area contributed by atoms with Gasteiger partial charge in [-0.1, -0.05) is 37.3 Å². The lowest BCUT2D eigenvalue weighted by Gasteiger charge is -2.35. The van der Waals surface area contributed by atoms with Crippen LogP contribution in [-0.4, -0.2) is 53.7 Å².